The molecule has 1 aromatic rings. The molecule has 2 heteroatoms. The van der Waals surface area contributed by atoms with Gasteiger partial charge in [0, 0.05) is 10.6 Å². The maximum absolute atomic E-state index is 5.94. The van der Waals surface area contributed by atoms with Crippen molar-refractivity contribution in [2.24, 2.45) is 5.41 Å². The molecule has 0 amide bonds. The van der Waals surface area contributed by atoms with E-state index in [0.717, 1.165) is 11.6 Å². The van der Waals surface area contributed by atoms with Gasteiger partial charge in [-0.2, -0.15) is 0 Å². The van der Waals surface area contributed by atoms with E-state index < -0.39 is 0 Å². The van der Waals surface area contributed by atoms with E-state index in [4.69, 9.17) is 11.6 Å². The molecule has 1 heterocycles. The molecule has 88 valence electrons. The van der Waals surface area contributed by atoms with Crippen LogP contribution in [0.2, 0.25) is 5.02 Å². The Morgan fingerprint density at radius 3 is 2.19 bits per heavy atom. The molecule has 2 rings (SSSR count). The van der Waals surface area contributed by atoms with Crippen molar-refractivity contribution >= 4 is 11.6 Å². The minimum absolute atomic E-state index is 0.183. The quantitative estimate of drug-likeness (QED) is 0.821. The Balaban J connectivity index is 2.24. The first kappa shape index (κ1) is 11.9. The number of hydrogen-bond donors (Lipinski definition) is 1. The van der Waals surface area contributed by atoms with Crippen LogP contribution in [0.4, 0.5) is 0 Å². The molecule has 1 aromatic carbocycles. The minimum atomic E-state index is 0.183. The fourth-order valence-electron chi connectivity index (χ4n) is 2.60. The average molecular weight is 238 g/mol. The molecule has 1 aliphatic heterocycles. The molecular formula is C14H20ClN. The summed E-state index contributed by atoms with van der Waals surface area (Å²) in [6.45, 7) is 8.01. The van der Waals surface area contributed by atoms with Gasteiger partial charge in [0.2, 0.25) is 0 Å². The number of halogens is 1. The van der Waals surface area contributed by atoms with E-state index in [1.165, 1.54) is 18.4 Å². The number of hydrogen-bond acceptors (Lipinski definition) is 1. The van der Waals surface area contributed by atoms with Crippen LogP contribution in [0.3, 0.4) is 0 Å². The second-order valence-corrected chi connectivity index (χ2v) is 6.44. The largest absolute Gasteiger partial charge is 0.307 e. The Labute approximate surface area is 103 Å². The summed E-state index contributed by atoms with van der Waals surface area (Å²) in [5.41, 5.74) is 1.90. The van der Waals surface area contributed by atoms with Gasteiger partial charge in [-0.15, -0.1) is 0 Å². The SMILES string of the molecule is CC(C)(C)CC1(c2ccc(Cl)cc2)CCN1. The van der Waals surface area contributed by atoms with Crippen molar-refractivity contribution in [2.75, 3.05) is 6.54 Å². The smallest absolute Gasteiger partial charge is 0.0451 e. The van der Waals surface area contributed by atoms with Gasteiger partial charge >= 0.3 is 0 Å². The third-order valence-electron chi connectivity index (χ3n) is 3.24. The molecule has 16 heavy (non-hydrogen) atoms. The third kappa shape index (κ3) is 2.41. The van der Waals surface area contributed by atoms with Crippen LogP contribution in [-0.4, -0.2) is 6.54 Å². The molecule has 0 aliphatic carbocycles. The number of benzene rings is 1. The zero-order chi connectivity index (χ0) is 11.8. The van der Waals surface area contributed by atoms with Gasteiger partial charge in [-0.3, -0.25) is 0 Å². The molecule has 0 saturated carbocycles. The second-order valence-electron chi connectivity index (χ2n) is 6.00. The monoisotopic (exact) mass is 237 g/mol. The van der Waals surface area contributed by atoms with Gasteiger partial charge in [0.15, 0.2) is 0 Å². The Morgan fingerprint density at radius 2 is 1.81 bits per heavy atom. The Morgan fingerprint density at radius 1 is 1.25 bits per heavy atom. The molecule has 0 bridgehead atoms. The van der Waals surface area contributed by atoms with Crippen LogP contribution in [0.25, 0.3) is 0 Å². The fraction of sp³-hybridized carbons (Fsp3) is 0.571. The summed E-state index contributed by atoms with van der Waals surface area (Å²) in [6.07, 6.45) is 2.40. The molecule has 0 spiro atoms. The summed E-state index contributed by atoms with van der Waals surface area (Å²) < 4.78 is 0. The predicted octanol–water partition coefficient (Wildman–Crippen LogP) is 3.96. The summed E-state index contributed by atoms with van der Waals surface area (Å²) in [5.74, 6) is 0. The van der Waals surface area contributed by atoms with Crippen LogP contribution in [-0.2, 0) is 5.54 Å². The van der Waals surface area contributed by atoms with E-state index in [-0.39, 0.29) is 5.54 Å². The maximum Gasteiger partial charge on any atom is 0.0451 e. The summed E-state index contributed by atoms with van der Waals surface area (Å²) in [6, 6.07) is 8.28. The zero-order valence-electron chi connectivity index (χ0n) is 10.3. The predicted molar refractivity (Wildman–Crippen MR) is 69.8 cm³/mol. The van der Waals surface area contributed by atoms with E-state index in [0.29, 0.717) is 5.41 Å². The van der Waals surface area contributed by atoms with Gasteiger partial charge in [0.1, 0.15) is 0 Å². The Bertz CT molecular complexity index is 357. The molecule has 1 aliphatic rings. The van der Waals surface area contributed by atoms with Gasteiger partial charge in [-0.1, -0.05) is 44.5 Å². The van der Waals surface area contributed by atoms with Crippen molar-refractivity contribution in [1.29, 1.82) is 0 Å². The summed E-state index contributed by atoms with van der Waals surface area (Å²) >= 11 is 5.94. The first-order valence-corrected chi connectivity index (χ1v) is 6.30. The minimum Gasteiger partial charge on any atom is -0.307 e. The van der Waals surface area contributed by atoms with Gasteiger partial charge in [0.25, 0.3) is 0 Å². The van der Waals surface area contributed by atoms with Gasteiger partial charge < -0.3 is 5.32 Å². The van der Waals surface area contributed by atoms with Gasteiger partial charge in [-0.25, -0.2) is 0 Å². The summed E-state index contributed by atoms with van der Waals surface area (Å²) in [4.78, 5) is 0. The molecule has 1 fully saturated rings. The van der Waals surface area contributed by atoms with Crippen LogP contribution < -0.4 is 5.32 Å². The second kappa shape index (κ2) is 4.05. The summed E-state index contributed by atoms with van der Waals surface area (Å²) in [5, 5.41) is 4.42. The Hall–Kier alpha value is -0.530. The molecule has 0 aromatic heterocycles. The van der Waals surface area contributed by atoms with Crippen molar-refractivity contribution in [2.45, 2.75) is 39.2 Å². The molecular weight excluding hydrogens is 218 g/mol. The number of nitrogens with one attached hydrogen (secondary N) is 1. The maximum atomic E-state index is 5.94. The highest BCUT2D eigenvalue weighted by Gasteiger charge is 2.40. The molecule has 0 radical (unpaired) electrons. The topological polar surface area (TPSA) is 12.0 Å². The van der Waals surface area contributed by atoms with Crippen LogP contribution in [0, 0.1) is 5.41 Å². The Kier molecular flexibility index (Phi) is 3.02. The first-order valence-electron chi connectivity index (χ1n) is 5.92. The third-order valence-corrected chi connectivity index (χ3v) is 3.50. The van der Waals surface area contributed by atoms with Crippen molar-refractivity contribution in [3.8, 4) is 0 Å². The molecule has 1 N–H and O–H groups in total. The normalized spacial score (nSPS) is 25.2. The zero-order valence-corrected chi connectivity index (χ0v) is 11.1. The lowest BCUT2D eigenvalue weighted by Crippen LogP contribution is -2.55. The highest BCUT2D eigenvalue weighted by Crippen LogP contribution is 2.41. The van der Waals surface area contributed by atoms with Gasteiger partial charge in [0.05, 0.1) is 0 Å². The van der Waals surface area contributed by atoms with E-state index >= 15 is 0 Å². The van der Waals surface area contributed by atoms with Crippen LogP contribution in [0.15, 0.2) is 24.3 Å². The molecule has 1 saturated heterocycles. The standard InChI is InChI=1S/C14H20ClN/c1-13(2,3)10-14(8-9-16-14)11-4-6-12(15)7-5-11/h4-7,16H,8-10H2,1-3H3. The van der Waals surface area contributed by atoms with E-state index in [1.54, 1.807) is 0 Å². The molecule has 1 unspecified atom stereocenters. The lowest BCUT2D eigenvalue weighted by atomic mass is 9.70. The van der Waals surface area contributed by atoms with E-state index in [9.17, 15) is 0 Å². The average Bonchev–Trinajstić information content (AvgIpc) is 2.11. The van der Waals surface area contributed by atoms with Gasteiger partial charge in [-0.05, 0) is 42.5 Å². The van der Waals surface area contributed by atoms with E-state index in [2.05, 4.69) is 38.2 Å². The van der Waals surface area contributed by atoms with Crippen molar-refractivity contribution in [3.05, 3.63) is 34.9 Å². The first-order chi connectivity index (χ1) is 7.41. The fourth-order valence-corrected chi connectivity index (χ4v) is 2.73. The van der Waals surface area contributed by atoms with Crippen LogP contribution >= 0.6 is 11.6 Å². The molecule has 1 atom stereocenters. The van der Waals surface area contributed by atoms with Crippen LogP contribution in [0.1, 0.15) is 39.2 Å². The van der Waals surface area contributed by atoms with E-state index in [1.807, 2.05) is 12.1 Å². The number of rotatable bonds is 2. The summed E-state index contributed by atoms with van der Waals surface area (Å²) in [7, 11) is 0. The molecule has 1 nitrogen and oxygen atoms in total. The lowest BCUT2D eigenvalue weighted by Gasteiger charge is -2.47. The van der Waals surface area contributed by atoms with Crippen molar-refractivity contribution in [1.82, 2.24) is 5.32 Å². The van der Waals surface area contributed by atoms with Crippen LogP contribution in [0.5, 0.6) is 0 Å². The highest BCUT2D eigenvalue weighted by molar-refractivity contribution is 6.30. The highest BCUT2D eigenvalue weighted by atomic mass is 35.5. The van der Waals surface area contributed by atoms with Crippen molar-refractivity contribution < 1.29 is 0 Å². The lowest BCUT2D eigenvalue weighted by molar-refractivity contribution is 0.132. The van der Waals surface area contributed by atoms with Crippen molar-refractivity contribution in [3.63, 3.8) is 0 Å².